The molecule has 3 nitrogen and oxygen atoms in total. The van der Waals surface area contributed by atoms with Crippen molar-refractivity contribution in [2.75, 3.05) is 39.3 Å². The van der Waals surface area contributed by atoms with Crippen LogP contribution in [0.2, 0.25) is 0 Å². The lowest BCUT2D eigenvalue weighted by Gasteiger charge is -2.38. The van der Waals surface area contributed by atoms with Crippen LogP contribution in [0.5, 0.6) is 0 Å². The number of rotatable bonds is 8. The van der Waals surface area contributed by atoms with Crippen molar-refractivity contribution in [2.45, 2.75) is 52.0 Å². The molecule has 17 heavy (non-hydrogen) atoms. The largest absolute Gasteiger partial charge is 0.330 e. The van der Waals surface area contributed by atoms with Gasteiger partial charge in [-0.3, -0.25) is 4.90 Å². The number of hydrogen-bond donors (Lipinski definition) is 1. The van der Waals surface area contributed by atoms with Gasteiger partial charge in [-0.1, -0.05) is 20.3 Å². The number of hydrogen-bond acceptors (Lipinski definition) is 3. The number of nitrogens with two attached hydrogens (primary N) is 1. The summed E-state index contributed by atoms with van der Waals surface area (Å²) < 4.78 is 0. The van der Waals surface area contributed by atoms with E-state index in [2.05, 4.69) is 23.6 Å². The Morgan fingerprint density at radius 1 is 0.941 bits per heavy atom. The van der Waals surface area contributed by atoms with Crippen LogP contribution in [0, 0.1) is 0 Å². The second kappa shape index (κ2) is 8.90. The van der Waals surface area contributed by atoms with Gasteiger partial charge in [0.2, 0.25) is 0 Å². The van der Waals surface area contributed by atoms with E-state index in [0.717, 1.165) is 12.6 Å². The lowest BCUT2D eigenvalue weighted by Crippen LogP contribution is -2.50. The molecule has 1 fully saturated rings. The molecule has 0 radical (unpaired) electrons. The average Bonchev–Trinajstić information content (AvgIpc) is 2.38. The summed E-state index contributed by atoms with van der Waals surface area (Å²) in [7, 11) is 0. The molecule has 0 aromatic rings. The molecule has 1 aliphatic heterocycles. The molecule has 0 aliphatic carbocycles. The van der Waals surface area contributed by atoms with E-state index in [1.54, 1.807) is 0 Å². The average molecular weight is 241 g/mol. The van der Waals surface area contributed by atoms with Gasteiger partial charge < -0.3 is 10.6 Å². The summed E-state index contributed by atoms with van der Waals surface area (Å²) in [5.74, 6) is 0. The van der Waals surface area contributed by atoms with E-state index >= 15 is 0 Å². The van der Waals surface area contributed by atoms with E-state index in [-0.39, 0.29) is 0 Å². The van der Waals surface area contributed by atoms with Crippen LogP contribution in [0.4, 0.5) is 0 Å². The van der Waals surface area contributed by atoms with Gasteiger partial charge >= 0.3 is 0 Å². The summed E-state index contributed by atoms with van der Waals surface area (Å²) in [4.78, 5) is 5.30. The predicted molar refractivity (Wildman–Crippen MR) is 75.3 cm³/mol. The Hall–Kier alpha value is -0.120. The Morgan fingerprint density at radius 3 is 2.12 bits per heavy atom. The van der Waals surface area contributed by atoms with Gasteiger partial charge in [-0.25, -0.2) is 0 Å². The Morgan fingerprint density at radius 2 is 1.59 bits per heavy atom. The standard InChI is InChI=1S/C14H31N3/c1-3-14(4-2)17-12-10-16(11-13-17)9-7-5-6-8-15/h14H,3-13,15H2,1-2H3. The highest BCUT2D eigenvalue weighted by Crippen LogP contribution is 2.12. The minimum absolute atomic E-state index is 0.814. The summed E-state index contributed by atoms with van der Waals surface area (Å²) in [6, 6.07) is 0.814. The van der Waals surface area contributed by atoms with Gasteiger partial charge in [0.05, 0.1) is 0 Å². The highest BCUT2D eigenvalue weighted by Gasteiger charge is 2.20. The first kappa shape index (κ1) is 14.9. The van der Waals surface area contributed by atoms with Crippen molar-refractivity contribution in [3.05, 3.63) is 0 Å². The Bertz CT molecular complexity index is 172. The van der Waals surface area contributed by atoms with Gasteiger partial charge in [0.25, 0.3) is 0 Å². The third-order valence-electron chi connectivity index (χ3n) is 4.04. The molecule has 0 atom stereocenters. The van der Waals surface area contributed by atoms with Gasteiger partial charge in [0.1, 0.15) is 0 Å². The van der Waals surface area contributed by atoms with Gasteiger partial charge in [0.15, 0.2) is 0 Å². The molecule has 1 heterocycles. The predicted octanol–water partition coefficient (Wildman–Crippen LogP) is 1.92. The van der Waals surface area contributed by atoms with Gasteiger partial charge in [-0.2, -0.15) is 0 Å². The second-order valence-corrected chi connectivity index (χ2v) is 5.20. The van der Waals surface area contributed by atoms with E-state index in [9.17, 15) is 0 Å². The molecular weight excluding hydrogens is 210 g/mol. The number of nitrogens with zero attached hydrogens (tertiary/aromatic N) is 2. The third kappa shape index (κ3) is 5.36. The van der Waals surface area contributed by atoms with Crippen molar-refractivity contribution in [3.63, 3.8) is 0 Å². The highest BCUT2D eigenvalue weighted by atomic mass is 15.3. The lowest BCUT2D eigenvalue weighted by molar-refractivity contribution is 0.0911. The fourth-order valence-corrected chi connectivity index (χ4v) is 2.81. The van der Waals surface area contributed by atoms with Crippen LogP contribution >= 0.6 is 0 Å². The van der Waals surface area contributed by atoms with Crippen LogP contribution in [0.25, 0.3) is 0 Å². The molecule has 1 rings (SSSR count). The molecule has 1 aliphatic rings. The summed E-state index contributed by atoms with van der Waals surface area (Å²) in [5.41, 5.74) is 5.51. The fourth-order valence-electron chi connectivity index (χ4n) is 2.81. The Balaban J connectivity index is 2.12. The molecule has 1 saturated heterocycles. The van der Waals surface area contributed by atoms with Crippen molar-refractivity contribution in [1.82, 2.24) is 9.80 Å². The topological polar surface area (TPSA) is 32.5 Å². The summed E-state index contributed by atoms with van der Waals surface area (Å²) in [6.45, 7) is 11.8. The highest BCUT2D eigenvalue weighted by molar-refractivity contribution is 4.77. The minimum Gasteiger partial charge on any atom is -0.330 e. The van der Waals surface area contributed by atoms with E-state index in [1.807, 2.05) is 0 Å². The summed E-state index contributed by atoms with van der Waals surface area (Å²) in [6.07, 6.45) is 6.40. The zero-order valence-corrected chi connectivity index (χ0v) is 11.8. The van der Waals surface area contributed by atoms with Gasteiger partial charge in [-0.15, -0.1) is 0 Å². The first-order valence-corrected chi connectivity index (χ1v) is 7.48. The molecule has 2 N–H and O–H groups in total. The van der Waals surface area contributed by atoms with Crippen molar-refractivity contribution in [2.24, 2.45) is 5.73 Å². The Labute approximate surface area is 107 Å². The SMILES string of the molecule is CCC(CC)N1CCN(CCCCCN)CC1. The molecule has 0 aromatic carbocycles. The molecule has 0 unspecified atom stereocenters. The summed E-state index contributed by atoms with van der Waals surface area (Å²) in [5, 5.41) is 0. The second-order valence-electron chi connectivity index (χ2n) is 5.20. The molecule has 0 saturated carbocycles. The molecular formula is C14H31N3. The smallest absolute Gasteiger partial charge is 0.0113 e. The normalized spacial score (nSPS) is 19.1. The first-order chi connectivity index (χ1) is 8.31. The fraction of sp³-hybridized carbons (Fsp3) is 1.00. The van der Waals surface area contributed by atoms with E-state index in [1.165, 1.54) is 64.8 Å². The lowest BCUT2D eigenvalue weighted by atomic mass is 10.1. The zero-order chi connectivity index (χ0) is 12.5. The van der Waals surface area contributed by atoms with E-state index in [0.29, 0.717) is 0 Å². The first-order valence-electron chi connectivity index (χ1n) is 7.48. The third-order valence-corrected chi connectivity index (χ3v) is 4.04. The van der Waals surface area contributed by atoms with Crippen molar-refractivity contribution >= 4 is 0 Å². The maximum atomic E-state index is 5.51. The molecule has 0 spiro atoms. The number of piperazine rings is 1. The Kier molecular flexibility index (Phi) is 7.82. The van der Waals surface area contributed by atoms with Gasteiger partial charge in [0, 0.05) is 32.2 Å². The van der Waals surface area contributed by atoms with Crippen LogP contribution in [-0.4, -0.2) is 55.1 Å². The molecule has 0 amide bonds. The maximum Gasteiger partial charge on any atom is 0.0113 e. The van der Waals surface area contributed by atoms with Crippen LogP contribution in [0.15, 0.2) is 0 Å². The molecule has 3 heteroatoms. The number of unbranched alkanes of at least 4 members (excludes halogenated alkanes) is 2. The monoisotopic (exact) mass is 241 g/mol. The van der Waals surface area contributed by atoms with E-state index in [4.69, 9.17) is 5.73 Å². The van der Waals surface area contributed by atoms with Crippen molar-refractivity contribution in [1.29, 1.82) is 0 Å². The van der Waals surface area contributed by atoms with Crippen LogP contribution < -0.4 is 5.73 Å². The maximum absolute atomic E-state index is 5.51. The molecule has 0 aromatic heterocycles. The van der Waals surface area contributed by atoms with Gasteiger partial charge in [-0.05, 0) is 38.8 Å². The van der Waals surface area contributed by atoms with E-state index < -0.39 is 0 Å². The van der Waals surface area contributed by atoms with Crippen LogP contribution in [0.1, 0.15) is 46.0 Å². The van der Waals surface area contributed by atoms with Crippen LogP contribution in [0.3, 0.4) is 0 Å². The van der Waals surface area contributed by atoms with Crippen molar-refractivity contribution in [3.8, 4) is 0 Å². The quantitative estimate of drug-likeness (QED) is 0.659. The zero-order valence-electron chi connectivity index (χ0n) is 11.8. The minimum atomic E-state index is 0.814. The molecule has 0 bridgehead atoms. The molecule has 102 valence electrons. The van der Waals surface area contributed by atoms with Crippen molar-refractivity contribution < 1.29 is 0 Å². The summed E-state index contributed by atoms with van der Waals surface area (Å²) >= 11 is 0. The van der Waals surface area contributed by atoms with Crippen LogP contribution in [-0.2, 0) is 0 Å².